The number of ketones is 1. The highest BCUT2D eigenvalue weighted by Gasteiger charge is 2.25. The second-order valence-corrected chi connectivity index (χ2v) is 7.35. The van der Waals surface area contributed by atoms with Gasteiger partial charge in [-0.3, -0.25) is 14.9 Å². The van der Waals surface area contributed by atoms with Gasteiger partial charge in [-0.05, 0) is 29.8 Å². The van der Waals surface area contributed by atoms with Crippen molar-refractivity contribution in [3.05, 3.63) is 111 Å². The molecule has 4 rings (SSSR count). The highest BCUT2D eigenvalue weighted by atomic mass is 32.2. The minimum atomic E-state index is -0.474. The molecule has 0 atom stereocenters. The molecule has 0 aliphatic carbocycles. The van der Waals surface area contributed by atoms with Crippen LogP contribution in [0.3, 0.4) is 0 Å². The Morgan fingerprint density at radius 2 is 1.64 bits per heavy atom. The first-order valence-corrected chi connectivity index (χ1v) is 9.52. The molecule has 0 spiro atoms. The minimum absolute atomic E-state index is 0.0300. The van der Waals surface area contributed by atoms with Crippen molar-refractivity contribution >= 4 is 28.9 Å². The van der Waals surface area contributed by atoms with Crippen LogP contribution in [-0.2, 0) is 6.54 Å². The van der Waals surface area contributed by atoms with Gasteiger partial charge in [-0.1, -0.05) is 54.2 Å². The third-order valence-corrected chi connectivity index (χ3v) is 5.55. The van der Waals surface area contributed by atoms with Crippen molar-refractivity contribution in [2.75, 3.05) is 4.90 Å². The maximum Gasteiger partial charge on any atom is 0.269 e. The maximum atomic E-state index is 12.7. The van der Waals surface area contributed by atoms with Gasteiger partial charge in [0.05, 0.1) is 15.6 Å². The number of rotatable bonds is 5. The number of hydrogen-bond acceptors (Lipinski definition) is 5. The van der Waals surface area contributed by atoms with Crippen LogP contribution in [0.25, 0.3) is 0 Å². The van der Waals surface area contributed by atoms with Crippen molar-refractivity contribution in [2.24, 2.45) is 0 Å². The molecule has 28 heavy (non-hydrogen) atoms. The van der Waals surface area contributed by atoms with E-state index in [1.807, 2.05) is 42.5 Å². The van der Waals surface area contributed by atoms with E-state index in [4.69, 9.17) is 0 Å². The molecular formula is C22H16N2O3S. The molecule has 5 nitrogen and oxygen atoms in total. The van der Waals surface area contributed by atoms with Crippen molar-refractivity contribution in [1.82, 2.24) is 0 Å². The molecule has 138 valence electrons. The van der Waals surface area contributed by atoms with Crippen LogP contribution in [0.5, 0.6) is 0 Å². The second-order valence-electron chi connectivity index (χ2n) is 6.29. The molecule has 3 aromatic rings. The molecule has 0 saturated carbocycles. The van der Waals surface area contributed by atoms with Crippen LogP contribution < -0.4 is 4.90 Å². The summed E-state index contributed by atoms with van der Waals surface area (Å²) in [5, 5.41) is 11.6. The predicted octanol–water partition coefficient (Wildman–Crippen LogP) is 5.43. The van der Waals surface area contributed by atoms with Crippen LogP contribution in [-0.4, -0.2) is 10.7 Å². The Morgan fingerprint density at radius 1 is 0.964 bits per heavy atom. The first-order valence-electron chi connectivity index (χ1n) is 8.70. The fraction of sp³-hybridized carbons (Fsp3) is 0.0455. The summed E-state index contributed by atoms with van der Waals surface area (Å²) in [7, 11) is 0. The number of nitro groups is 1. The summed E-state index contributed by atoms with van der Waals surface area (Å²) in [6, 6.07) is 23.8. The Labute approximate surface area is 166 Å². The second kappa shape index (κ2) is 7.70. The fourth-order valence-corrected chi connectivity index (χ4v) is 4.13. The molecule has 6 heteroatoms. The Kier molecular flexibility index (Phi) is 4.95. The monoisotopic (exact) mass is 388 g/mol. The van der Waals surface area contributed by atoms with Crippen molar-refractivity contribution in [3.8, 4) is 0 Å². The van der Waals surface area contributed by atoms with Gasteiger partial charge in [-0.15, -0.1) is 0 Å². The number of benzene rings is 3. The summed E-state index contributed by atoms with van der Waals surface area (Å²) < 4.78 is 0. The number of allylic oxidation sites excluding steroid dienone is 1. The number of carbonyl (C=O) groups is 1. The lowest BCUT2D eigenvalue weighted by molar-refractivity contribution is -0.384. The van der Waals surface area contributed by atoms with Crippen LogP contribution in [0.15, 0.2) is 94.9 Å². The maximum absolute atomic E-state index is 12.7. The molecule has 0 amide bonds. The van der Waals surface area contributed by atoms with Crippen molar-refractivity contribution in [3.63, 3.8) is 0 Å². The quantitative estimate of drug-likeness (QED) is 0.252. The number of thioether (sulfide) groups is 1. The zero-order chi connectivity index (χ0) is 19.5. The lowest BCUT2D eigenvalue weighted by Gasteiger charge is -2.20. The van der Waals surface area contributed by atoms with E-state index in [1.54, 1.807) is 17.8 Å². The first-order chi connectivity index (χ1) is 13.6. The molecule has 0 fully saturated rings. The highest BCUT2D eigenvalue weighted by molar-refractivity contribution is 8.03. The number of nitro benzene ring substituents is 1. The standard InChI is InChI=1S/C22H16N2O3S/c25-20(17-10-12-18(13-11-17)24(26)27)14-22-23(15-16-6-2-1-3-7-16)19-8-4-5-9-21(19)28-22/h1-14H,15H2/b22-14-. The smallest absolute Gasteiger partial charge is 0.269 e. The molecule has 1 aliphatic rings. The van der Waals surface area contributed by atoms with E-state index in [9.17, 15) is 14.9 Å². The zero-order valence-corrected chi connectivity index (χ0v) is 15.6. The van der Waals surface area contributed by atoms with Crippen LogP contribution in [0, 0.1) is 10.1 Å². The molecule has 3 aromatic carbocycles. The number of non-ortho nitro benzene ring substituents is 1. The number of anilines is 1. The SMILES string of the molecule is O=C(/C=C1\Sc2ccccc2N1Cc1ccccc1)c1ccc([N+](=O)[O-])cc1. The number of nitrogens with zero attached hydrogens (tertiary/aromatic N) is 2. The number of fused-ring (bicyclic) bond motifs is 1. The van der Waals surface area contributed by atoms with Gasteiger partial charge in [0.2, 0.25) is 0 Å². The average molecular weight is 388 g/mol. The molecule has 1 aliphatic heterocycles. The average Bonchev–Trinajstić information content (AvgIpc) is 3.06. The topological polar surface area (TPSA) is 63.5 Å². The summed E-state index contributed by atoms with van der Waals surface area (Å²) >= 11 is 1.55. The summed E-state index contributed by atoms with van der Waals surface area (Å²) in [5.41, 5.74) is 2.61. The van der Waals surface area contributed by atoms with E-state index in [0.29, 0.717) is 12.1 Å². The number of carbonyl (C=O) groups excluding carboxylic acids is 1. The lowest BCUT2D eigenvalue weighted by atomic mass is 10.1. The molecule has 0 saturated heterocycles. The molecule has 0 radical (unpaired) electrons. The van der Waals surface area contributed by atoms with Crippen molar-refractivity contribution in [2.45, 2.75) is 11.4 Å². The van der Waals surface area contributed by atoms with Gasteiger partial charge in [-0.2, -0.15) is 0 Å². The number of hydrogen-bond donors (Lipinski definition) is 0. The molecule has 0 N–H and O–H groups in total. The van der Waals surface area contributed by atoms with Crippen LogP contribution >= 0.6 is 11.8 Å². The van der Waals surface area contributed by atoms with Gasteiger partial charge in [0.1, 0.15) is 0 Å². The van der Waals surface area contributed by atoms with Gasteiger partial charge in [0.15, 0.2) is 5.78 Å². The Hall–Kier alpha value is -3.38. The van der Waals surface area contributed by atoms with Crippen LogP contribution in [0.4, 0.5) is 11.4 Å². The minimum Gasteiger partial charge on any atom is -0.330 e. The van der Waals surface area contributed by atoms with Gasteiger partial charge < -0.3 is 4.90 Å². The lowest BCUT2D eigenvalue weighted by Crippen LogP contribution is -2.17. The predicted molar refractivity (Wildman–Crippen MR) is 110 cm³/mol. The van der Waals surface area contributed by atoms with E-state index in [-0.39, 0.29) is 11.5 Å². The zero-order valence-electron chi connectivity index (χ0n) is 14.8. The molecular weight excluding hydrogens is 372 g/mol. The summed E-state index contributed by atoms with van der Waals surface area (Å²) in [6.07, 6.45) is 1.61. The highest BCUT2D eigenvalue weighted by Crippen LogP contribution is 2.46. The summed E-state index contributed by atoms with van der Waals surface area (Å²) in [4.78, 5) is 26.3. The van der Waals surface area contributed by atoms with Crippen molar-refractivity contribution < 1.29 is 9.72 Å². The fourth-order valence-electron chi connectivity index (χ4n) is 3.03. The third-order valence-electron chi connectivity index (χ3n) is 4.44. The molecule has 1 heterocycles. The Bertz CT molecular complexity index is 1060. The first kappa shape index (κ1) is 18.0. The van der Waals surface area contributed by atoms with Gasteiger partial charge in [-0.25, -0.2) is 0 Å². The molecule has 0 unspecified atom stereocenters. The summed E-state index contributed by atoms with van der Waals surface area (Å²) in [6.45, 7) is 0.657. The van der Waals surface area contributed by atoms with E-state index < -0.39 is 4.92 Å². The van der Waals surface area contributed by atoms with E-state index in [0.717, 1.165) is 21.2 Å². The van der Waals surface area contributed by atoms with Gasteiger partial charge in [0, 0.05) is 35.2 Å². The number of para-hydroxylation sites is 1. The molecule has 0 aromatic heterocycles. The van der Waals surface area contributed by atoms with Crippen molar-refractivity contribution in [1.29, 1.82) is 0 Å². The van der Waals surface area contributed by atoms with Gasteiger partial charge in [0.25, 0.3) is 5.69 Å². The van der Waals surface area contributed by atoms with E-state index in [1.165, 1.54) is 24.3 Å². The van der Waals surface area contributed by atoms with Crippen LogP contribution in [0.2, 0.25) is 0 Å². The van der Waals surface area contributed by atoms with Gasteiger partial charge >= 0.3 is 0 Å². The van der Waals surface area contributed by atoms with E-state index in [2.05, 4.69) is 17.0 Å². The summed E-state index contributed by atoms with van der Waals surface area (Å²) in [5.74, 6) is -0.178. The molecule has 0 bridgehead atoms. The Balaban J connectivity index is 1.64. The normalized spacial score (nSPS) is 14.1. The Morgan fingerprint density at radius 3 is 2.36 bits per heavy atom. The third kappa shape index (κ3) is 3.68. The largest absolute Gasteiger partial charge is 0.330 e. The van der Waals surface area contributed by atoms with Crippen LogP contribution in [0.1, 0.15) is 15.9 Å². The van der Waals surface area contributed by atoms with E-state index >= 15 is 0 Å².